The number of anilines is 1. The molecule has 2 nitrogen and oxygen atoms in total. The third-order valence-corrected chi connectivity index (χ3v) is 3.30. The van der Waals surface area contributed by atoms with Crippen molar-refractivity contribution in [3.05, 3.63) is 29.8 Å². The molecule has 1 fully saturated rings. The molecule has 1 aliphatic rings. The second-order valence-corrected chi connectivity index (χ2v) is 4.56. The standard InChI is InChI=1S/C13H20N2/c1-10-4-3-9-15(10)13-7-5-12(6-8-13)11(2)14/h5-8,10-11H,3-4,9,14H2,1-2H3. The van der Waals surface area contributed by atoms with Crippen molar-refractivity contribution in [3.63, 3.8) is 0 Å². The van der Waals surface area contributed by atoms with E-state index in [2.05, 4.69) is 36.1 Å². The lowest BCUT2D eigenvalue weighted by atomic mass is 10.1. The number of nitrogens with zero attached hydrogens (tertiary/aromatic N) is 1. The lowest BCUT2D eigenvalue weighted by Gasteiger charge is -2.24. The van der Waals surface area contributed by atoms with Gasteiger partial charge in [0.25, 0.3) is 0 Å². The number of hydrogen-bond acceptors (Lipinski definition) is 2. The zero-order valence-corrected chi connectivity index (χ0v) is 9.61. The lowest BCUT2D eigenvalue weighted by molar-refractivity contribution is 0.734. The van der Waals surface area contributed by atoms with Gasteiger partial charge in [-0.25, -0.2) is 0 Å². The Kier molecular flexibility index (Phi) is 2.96. The molecule has 2 atom stereocenters. The van der Waals surface area contributed by atoms with E-state index < -0.39 is 0 Å². The Labute approximate surface area is 92.1 Å². The van der Waals surface area contributed by atoms with Crippen LogP contribution in [0.1, 0.15) is 38.3 Å². The van der Waals surface area contributed by atoms with Gasteiger partial charge in [0.1, 0.15) is 0 Å². The lowest BCUT2D eigenvalue weighted by Crippen LogP contribution is -2.26. The molecule has 2 heteroatoms. The van der Waals surface area contributed by atoms with E-state index in [1.807, 2.05) is 6.92 Å². The van der Waals surface area contributed by atoms with Gasteiger partial charge in [-0.2, -0.15) is 0 Å². The van der Waals surface area contributed by atoms with Crippen LogP contribution in [0.3, 0.4) is 0 Å². The molecule has 2 unspecified atom stereocenters. The second kappa shape index (κ2) is 4.23. The summed E-state index contributed by atoms with van der Waals surface area (Å²) in [7, 11) is 0. The summed E-state index contributed by atoms with van der Waals surface area (Å²) in [5, 5.41) is 0. The average molecular weight is 204 g/mol. The Balaban J connectivity index is 2.16. The van der Waals surface area contributed by atoms with Crippen molar-refractivity contribution < 1.29 is 0 Å². The molecule has 82 valence electrons. The highest BCUT2D eigenvalue weighted by atomic mass is 15.2. The van der Waals surface area contributed by atoms with Crippen molar-refractivity contribution in [1.82, 2.24) is 0 Å². The maximum Gasteiger partial charge on any atom is 0.0368 e. The van der Waals surface area contributed by atoms with Gasteiger partial charge >= 0.3 is 0 Å². The van der Waals surface area contributed by atoms with E-state index >= 15 is 0 Å². The molecule has 15 heavy (non-hydrogen) atoms. The number of rotatable bonds is 2. The predicted octanol–water partition coefficient (Wildman–Crippen LogP) is 2.70. The fraction of sp³-hybridized carbons (Fsp3) is 0.538. The van der Waals surface area contributed by atoms with Gasteiger partial charge in [0, 0.05) is 24.3 Å². The highest BCUT2D eigenvalue weighted by Gasteiger charge is 2.20. The fourth-order valence-electron chi connectivity index (χ4n) is 2.29. The molecule has 1 saturated heterocycles. The van der Waals surface area contributed by atoms with Gasteiger partial charge in [-0.1, -0.05) is 12.1 Å². The molecule has 0 spiro atoms. The number of nitrogens with two attached hydrogens (primary N) is 1. The molecular weight excluding hydrogens is 184 g/mol. The van der Waals surface area contributed by atoms with Crippen LogP contribution in [-0.4, -0.2) is 12.6 Å². The van der Waals surface area contributed by atoms with Crippen molar-refractivity contribution in [2.24, 2.45) is 5.73 Å². The largest absolute Gasteiger partial charge is 0.369 e. The van der Waals surface area contributed by atoms with Crippen LogP contribution < -0.4 is 10.6 Å². The van der Waals surface area contributed by atoms with E-state index in [4.69, 9.17) is 5.73 Å². The Morgan fingerprint density at radius 1 is 1.33 bits per heavy atom. The minimum absolute atomic E-state index is 0.134. The minimum Gasteiger partial charge on any atom is -0.369 e. The molecule has 0 amide bonds. The quantitative estimate of drug-likeness (QED) is 0.802. The van der Waals surface area contributed by atoms with Gasteiger partial charge in [-0.3, -0.25) is 0 Å². The molecule has 0 aromatic heterocycles. The third kappa shape index (κ3) is 2.15. The van der Waals surface area contributed by atoms with Crippen molar-refractivity contribution in [3.8, 4) is 0 Å². The first-order valence-corrected chi connectivity index (χ1v) is 5.80. The minimum atomic E-state index is 0.134. The van der Waals surface area contributed by atoms with Crippen LogP contribution in [0.5, 0.6) is 0 Å². The summed E-state index contributed by atoms with van der Waals surface area (Å²) in [4.78, 5) is 2.48. The summed E-state index contributed by atoms with van der Waals surface area (Å²) in [5.41, 5.74) is 8.38. The van der Waals surface area contributed by atoms with E-state index in [1.165, 1.54) is 30.6 Å². The molecule has 0 saturated carbocycles. The summed E-state index contributed by atoms with van der Waals surface area (Å²) in [5.74, 6) is 0. The van der Waals surface area contributed by atoms with Gasteiger partial charge in [0.2, 0.25) is 0 Å². The monoisotopic (exact) mass is 204 g/mol. The van der Waals surface area contributed by atoms with E-state index in [0.29, 0.717) is 6.04 Å². The molecule has 0 bridgehead atoms. The van der Waals surface area contributed by atoms with E-state index in [1.54, 1.807) is 0 Å². The summed E-state index contributed by atoms with van der Waals surface area (Å²) in [6.45, 7) is 5.51. The van der Waals surface area contributed by atoms with Crippen molar-refractivity contribution in [2.75, 3.05) is 11.4 Å². The zero-order chi connectivity index (χ0) is 10.8. The SMILES string of the molecule is CC(N)c1ccc(N2CCCC2C)cc1. The first-order chi connectivity index (χ1) is 7.18. The number of hydrogen-bond donors (Lipinski definition) is 1. The van der Waals surface area contributed by atoms with Crippen LogP contribution in [0.15, 0.2) is 24.3 Å². The normalized spacial score (nSPS) is 23.1. The molecule has 1 heterocycles. The number of benzene rings is 1. The molecule has 1 aromatic carbocycles. The third-order valence-electron chi connectivity index (χ3n) is 3.30. The smallest absolute Gasteiger partial charge is 0.0368 e. The fourth-order valence-corrected chi connectivity index (χ4v) is 2.29. The topological polar surface area (TPSA) is 29.3 Å². The van der Waals surface area contributed by atoms with E-state index in [9.17, 15) is 0 Å². The van der Waals surface area contributed by atoms with Crippen LogP contribution in [0, 0.1) is 0 Å². The van der Waals surface area contributed by atoms with Crippen molar-refractivity contribution in [2.45, 2.75) is 38.8 Å². The van der Waals surface area contributed by atoms with E-state index in [0.717, 1.165) is 0 Å². The van der Waals surface area contributed by atoms with Crippen molar-refractivity contribution >= 4 is 5.69 Å². The molecule has 0 aliphatic carbocycles. The van der Waals surface area contributed by atoms with Crippen LogP contribution >= 0.6 is 0 Å². The molecule has 0 radical (unpaired) electrons. The van der Waals surface area contributed by atoms with Gasteiger partial charge < -0.3 is 10.6 Å². The molecular formula is C13H20N2. The summed E-state index contributed by atoms with van der Waals surface area (Å²) in [6, 6.07) is 9.50. The summed E-state index contributed by atoms with van der Waals surface area (Å²) < 4.78 is 0. The van der Waals surface area contributed by atoms with Gasteiger partial charge in [0.15, 0.2) is 0 Å². The van der Waals surface area contributed by atoms with Crippen LogP contribution in [0.2, 0.25) is 0 Å². The Bertz CT molecular complexity index is 316. The molecule has 2 rings (SSSR count). The van der Waals surface area contributed by atoms with Gasteiger partial charge in [-0.05, 0) is 44.4 Å². The molecule has 1 aromatic rings. The highest BCUT2D eigenvalue weighted by Crippen LogP contribution is 2.26. The van der Waals surface area contributed by atoms with Crippen LogP contribution in [-0.2, 0) is 0 Å². The van der Waals surface area contributed by atoms with E-state index in [-0.39, 0.29) is 6.04 Å². The van der Waals surface area contributed by atoms with Crippen LogP contribution in [0.4, 0.5) is 5.69 Å². The van der Waals surface area contributed by atoms with Gasteiger partial charge in [0.05, 0.1) is 0 Å². The first kappa shape index (κ1) is 10.5. The maximum atomic E-state index is 5.83. The van der Waals surface area contributed by atoms with Gasteiger partial charge in [-0.15, -0.1) is 0 Å². The van der Waals surface area contributed by atoms with Crippen LogP contribution in [0.25, 0.3) is 0 Å². The Hall–Kier alpha value is -1.02. The highest BCUT2D eigenvalue weighted by molar-refractivity contribution is 5.49. The average Bonchev–Trinajstić information content (AvgIpc) is 2.65. The van der Waals surface area contributed by atoms with Crippen molar-refractivity contribution in [1.29, 1.82) is 0 Å². The maximum absolute atomic E-state index is 5.83. The predicted molar refractivity (Wildman–Crippen MR) is 65.1 cm³/mol. The first-order valence-electron chi connectivity index (χ1n) is 5.80. The Morgan fingerprint density at radius 2 is 2.00 bits per heavy atom. The zero-order valence-electron chi connectivity index (χ0n) is 9.61. The summed E-state index contributed by atoms with van der Waals surface area (Å²) >= 11 is 0. The Morgan fingerprint density at radius 3 is 2.47 bits per heavy atom. The summed E-state index contributed by atoms with van der Waals surface area (Å²) in [6.07, 6.45) is 2.63. The molecule has 2 N–H and O–H groups in total. The molecule has 1 aliphatic heterocycles. The second-order valence-electron chi connectivity index (χ2n) is 4.56.